The number of nitrogens with one attached hydrogen (secondary N) is 1. The number of anilines is 1. The molecule has 0 aromatic carbocycles. The monoisotopic (exact) mass is 339 g/mol. The number of nitrogens with zero attached hydrogens (tertiary/aromatic N) is 6. The van der Waals surface area contributed by atoms with Gasteiger partial charge in [-0.05, 0) is 38.0 Å². The Morgan fingerprint density at radius 1 is 1.28 bits per heavy atom. The molecule has 1 aliphatic rings. The van der Waals surface area contributed by atoms with E-state index in [1.54, 1.807) is 6.07 Å². The number of aryl methyl sites for hydroxylation is 1. The molecule has 0 aliphatic carbocycles. The van der Waals surface area contributed by atoms with Crippen molar-refractivity contribution < 1.29 is 0 Å². The van der Waals surface area contributed by atoms with Gasteiger partial charge in [0, 0.05) is 32.4 Å². The molecule has 3 aromatic rings. The van der Waals surface area contributed by atoms with Crippen molar-refractivity contribution in [3.05, 3.63) is 46.5 Å². The zero-order valence-corrected chi connectivity index (χ0v) is 14.4. The molecule has 8 heteroatoms. The molecule has 25 heavy (non-hydrogen) atoms. The molecule has 0 saturated carbocycles. The highest BCUT2D eigenvalue weighted by Gasteiger charge is 2.31. The second-order valence-electron chi connectivity index (χ2n) is 6.27. The Morgan fingerprint density at radius 2 is 2.16 bits per heavy atom. The first-order chi connectivity index (χ1) is 12.2. The zero-order chi connectivity index (χ0) is 17.4. The lowest BCUT2D eigenvalue weighted by Crippen LogP contribution is -2.27. The molecule has 130 valence electrons. The molecular weight excluding hydrogens is 318 g/mol. The van der Waals surface area contributed by atoms with E-state index in [9.17, 15) is 4.79 Å². The van der Waals surface area contributed by atoms with E-state index in [1.807, 2.05) is 29.9 Å². The predicted molar refractivity (Wildman–Crippen MR) is 94.3 cm³/mol. The van der Waals surface area contributed by atoms with Crippen LogP contribution in [0.25, 0.3) is 11.5 Å². The Balaban J connectivity index is 1.74. The molecule has 1 saturated heterocycles. The molecule has 1 fully saturated rings. The highest BCUT2D eigenvalue weighted by Crippen LogP contribution is 2.35. The van der Waals surface area contributed by atoms with E-state index < -0.39 is 0 Å². The normalized spacial score (nSPS) is 17.4. The number of hydrogen-bond donors (Lipinski definition) is 1. The van der Waals surface area contributed by atoms with E-state index >= 15 is 0 Å². The first kappa shape index (κ1) is 15.6. The molecule has 1 aliphatic heterocycles. The molecule has 4 rings (SSSR count). The fraction of sp³-hybridized carbons (Fsp3) is 0.412. The molecule has 1 unspecified atom stereocenters. The van der Waals surface area contributed by atoms with Gasteiger partial charge in [-0.25, -0.2) is 5.10 Å². The van der Waals surface area contributed by atoms with Gasteiger partial charge in [0.05, 0.1) is 17.4 Å². The summed E-state index contributed by atoms with van der Waals surface area (Å²) in [4.78, 5) is 13.5. The summed E-state index contributed by atoms with van der Waals surface area (Å²) in [5.41, 5.74) is 1.72. The van der Waals surface area contributed by atoms with Crippen molar-refractivity contribution in [1.82, 2.24) is 29.5 Å². The molecule has 0 radical (unpaired) electrons. The van der Waals surface area contributed by atoms with Gasteiger partial charge in [-0.3, -0.25) is 9.36 Å². The topological polar surface area (TPSA) is 84.6 Å². The van der Waals surface area contributed by atoms with Crippen molar-refractivity contribution in [2.75, 3.05) is 11.4 Å². The van der Waals surface area contributed by atoms with Crippen LogP contribution in [-0.4, -0.2) is 36.1 Å². The predicted octanol–water partition coefficient (Wildman–Crippen LogP) is 1.73. The third kappa shape index (κ3) is 2.63. The average Bonchev–Trinajstić information content (AvgIpc) is 3.33. The maximum absolute atomic E-state index is 11.3. The van der Waals surface area contributed by atoms with Gasteiger partial charge in [-0.2, -0.15) is 5.10 Å². The van der Waals surface area contributed by atoms with Gasteiger partial charge >= 0.3 is 0 Å². The Morgan fingerprint density at radius 3 is 2.84 bits per heavy atom. The number of aromatic nitrogens is 6. The van der Waals surface area contributed by atoms with Crippen molar-refractivity contribution >= 4 is 5.95 Å². The summed E-state index contributed by atoms with van der Waals surface area (Å²) in [5, 5.41) is 15.7. The highest BCUT2D eigenvalue weighted by molar-refractivity contribution is 5.54. The minimum absolute atomic E-state index is 0.104. The quantitative estimate of drug-likeness (QED) is 0.782. The standard InChI is InChI=1S/C17H21N7O/c1-3-23-16(14-7-4-10-22(14)2)20-21-17(23)24-11-5-6-13(24)12-8-9-15(25)19-18-12/h4,7-10,13H,3,5-6,11H2,1-2H3,(H,19,25). The molecule has 0 amide bonds. The first-order valence-electron chi connectivity index (χ1n) is 8.56. The molecule has 3 aromatic heterocycles. The largest absolute Gasteiger partial charge is 0.348 e. The molecule has 8 nitrogen and oxygen atoms in total. The highest BCUT2D eigenvalue weighted by atomic mass is 16.1. The summed E-state index contributed by atoms with van der Waals surface area (Å²) in [6.45, 7) is 3.78. The minimum atomic E-state index is -0.184. The van der Waals surface area contributed by atoms with E-state index in [0.717, 1.165) is 49.1 Å². The molecule has 0 spiro atoms. The summed E-state index contributed by atoms with van der Waals surface area (Å²) in [6, 6.07) is 7.48. The Hall–Kier alpha value is -2.90. The van der Waals surface area contributed by atoms with Gasteiger partial charge < -0.3 is 9.47 Å². The second-order valence-corrected chi connectivity index (χ2v) is 6.27. The fourth-order valence-electron chi connectivity index (χ4n) is 3.54. The summed E-state index contributed by atoms with van der Waals surface area (Å²) in [5.74, 6) is 1.72. The van der Waals surface area contributed by atoms with Crippen LogP contribution in [0.3, 0.4) is 0 Å². The molecular formula is C17H21N7O. The zero-order valence-electron chi connectivity index (χ0n) is 14.4. The maximum Gasteiger partial charge on any atom is 0.264 e. The van der Waals surface area contributed by atoms with E-state index in [4.69, 9.17) is 0 Å². The number of hydrogen-bond acceptors (Lipinski definition) is 5. The summed E-state index contributed by atoms with van der Waals surface area (Å²) < 4.78 is 4.18. The first-order valence-corrected chi connectivity index (χ1v) is 8.56. The fourth-order valence-corrected chi connectivity index (χ4v) is 3.54. The lowest BCUT2D eigenvalue weighted by atomic mass is 10.1. The second kappa shape index (κ2) is 6.19. The lowest BCUT2D eigenvalue weighted by molar-refractivity contribution is 0.638. The minimum Gasteiger partial charge on any atom is -0.348 e. The van der Waals surface area contributed by atoms with Crippen molar-refractivity contribution in [2.45, 2.75) is 32.4 Å². The Kier molecular flexibility index (Phi) is 3.87. The van der Waals surface area contributed by atoms with E-state index in [2.05, 4.69) is 36.8 Å². The summed E-state index contributed by atoms with van der Waals surface area (Å²) >= 11 is 0. The Labute approximate surface area is 145 Å². The van der Waals surface area contributed by atoms with Crippen LogP contribution in [0, 0.1) is 0 Å². The van der Waals surface area contributed by atoms with Crippen LogP contribution in [0.2, 0.25) is 0 Å². The van der Waals surface area contributed by atoms with Crippen LogP contribution in [0.5, 0.6) is 0 Å². The molecule has 4 heterocycles. The van der Waals surface area contributed by atoms with Gasteiger partial charge in [-0.15, -0.1) is 10.2 Å². The van der Waals surface area contributed by atoms with Crippen LogP contribution >= 0.6 is 0 Å². The SMILES string of the molecule is CCn1c(-c2cccn2C)nnc1N1CCCC1c1ccc(=O)[nH]n1. The van der Waals surface area contributed by atoms with Gasteiger partial charge in [0.15, 0.2) is 5.82 Å². The van der Waals surface area contributed by atoms with Gasteiger partial charge in [0.1, 0.15) is 0 Å². The van der Waals surface area contributed by atoms with Crippen molar-refractivity contribution in [1.29, 1.82) is 0 Å². The van der Waals surface area contributed by atoms with E-state index in [0.29, 0.717) is 0 Å². The van der Waals surface area contributed by atoms with Gasteiger partial charge in [0.2, 0.25) is 5.95 Å². The van der Waals surface area contributed by atoms with Crippen LogP contribution in [0.15, 0.2) is 35.3 Å². The van der Waals surface area contributed by atoms with Gasteiger partial charge in [0.25, 0.3) is 5.56 Å². The molecule has 1 atom stereocenters. The third-order valence-electron chi connectivity index (χ3n) is 4.77. The van der Waals surface area contributed by atoms with Crippen molar-refractivity contribution in [2.24, 2.45) is 7.05 Å². The van der Waals surface area contributed by atoms with Crippen LogP contribution in [0.4, 0.5) is 5.95 Å². The maximum atomic E-state index is 11.3. The van der Waals surface area contributed by atoms with Crippen LogP contribution in [-0.2, 0) is 13.6 Å². The van der Waals surface area contributed by atoms with Crippen molar-refractivity contribution in [3.63, 3.8) is 0 Å². The molecule has 0 bridgehead atoms. The Bertz CT molecular complexity index is 918. The number of aromatic amines is 1. The number of H-pyrrole nitrogens is 1. The van der Waals surface area contributed by atoms with Gasteiger partial charge in [-0.1, -0.05) is 0 Å². The summed E-state index contributed by atoms with van der Waals surface area (Å²) in [6.07, 6.45) is 4.04. The number of rotatable bonds is 4. The van der Waals surface area contributed by atoms with Crippen molar-refractivity contribution in [3.8, 4) is 11.5 Å². The summed E-state index contributed by atoms with van der Waals surface area (Å²) in [7, 11) is 2.01. The average molecular weight is 339 g/mol. The molecule has 1 N–H and O–H groups in total. The third-order valence-corrected chi connectivity index (χ3v) is 4.77. The smallest absolute Gasteiger partial charge is 0.264 e. The lowest BCUT2D eigenvalue weighted by Gasteiger charge is -2.25. The van der Waals surface area contributed by atoms with E-state index in [-0.39, 0.29) is 11.6 Å². The van der Waals surface area contributed by atoms with E-state index in [1.165, 1.54) is 6.07 Å². The van der Waals surface area contributed by atoms with Crippen LogP contribution < -0.4 is 10.5 Å². The van der Waals surface area contributed by atoms with Crippen LogP contribution in [0.1, 0.15) is 31.5 Å².